The number of carbonyl (C=O) groups is 2. The van der Waals surface area contributed by atoms with Crippen molar-refractivity contribution in [2.24, 2.45) is 5.41 Å². The summed E-state index contributed by atoms with van der Waals surface area (Å²) in [5.74, 6) is 0.817. The second-order valence-corrected chi connectivity index (χ2v) is 8.31. The van der Waals surface area contributed by atoms with E-state index in [2.05, 4.69) is 0 Å². The van der Waals surface area contributed by atoms with Crippen LogP contribution < -0.4 is 4.74 Å². The van der Waals surface area contributed by atoms with E-state index >= 15 is 0 Å². The fourth-order valence-corrected chi connectivity index (χ4v) is 3.45. The van der Waals surface area contributed by atoms with Crippen LogP contribution in [0.1, 0.15) is 44.0 Å². The predicted octanol–water partition coefficient (Wildman–Crippen LogP) is 2.57. The van der Waals surface area contributed by atoms with Gasteiger partial charge in [-0.25, -0.2) is 0 Å². The highest BCUT2D eigenvalue weighted by atomic mass is 16.5. The maximum Gasteiger partial charge on any atom is 0.254 e. The highest BCUT2D eigenvalue weighted by molar-refractivity contribution is 5.94. The third-order valence-corrected chi connectivity index (χ3v) is 5.04. The second-order valence-electron chi connectivity index (χ2n) is 8.31. The summed E-state index contributed by atoms with van der Waals surface area (Å²) in [5, 5.41) is 0. The summed E-state index contributed by atoms with van der Waals surface area (Å²) in [6, 6.07) is 7.32. The van der Waals surface area contributed by atoms with E-state index < -0.39 is 0 Å². The SMILES string of the molecule is CC(C)(C)C(=O)N1CCN(C(=O)c2cccc(OCC3CCCO3)c2)CC1. The van der Waals surface area contributed by atoms with Crippen molar-refractivity contribution >= 4 is 11.8 Å². The van der Waals surface area contributed by atoms with Gasteiger partial charge in [0.1, 0.15) is 12.4 Å². The van der Waals surface area contributed by atoms with Crippen LogP contribution in [-0.4, -0.2) is 67.1 Å². The molecule has 2 amide bonds. The van der Waals surface area contributed by atoms with Crippen LogP contribution in [-0.2, 0) is 9.53 Å². The fourth-order valence-electron chi connectivity index (χ4n) is 3.45. The summed E-state index contributed by atoms with van der Waals surface area (Å²) < 4.78 is 11.4. The smallest absolute Gasteiger partial charge is 0.254 e. The van der Waals surface area contributed by atoms with Gasteiger partial charge in [0.05, 0.1) is 6.10 Å². The number of rotatable bonds is 4. The highest BCUT2D eigenvalue weighted by Crippen LogP contribution is 2.21. The van der Waals surface area contributed by atoms with Crippen LogP contribution in [0.2, 0.25) is 0 Å². The minimum Gasteiger partial charge on any atom is -0.491 e. The van der Waals surface area contributed by atoms with Gasteiger partial charge in [0.25, 0.3) is 5.91 Å². The first-order valence-electron chi connectivity index (χ1n) is 9.78. The monoisotopic (exact) mass is 374 g/mol. The molecule has 2 fully saturated rings. The minimum atomic E-state index is -0.388. The topological polar surface area (TPSA) is 59.1 Å². The Bertz CT molecular complexity index is 669. The quantitative estimate of drug-likeness (QED) is 0.813. The number of hydrogen-bond donors (Lipinski definition) is 0. The van der Waals surface area contributed by atoms with E-state index in [0.29, 0.717) is 44.1 Å². The van der Waals surface area contributed by atoms with Crippen LogP contribution in [0.4, 0.5) is 0 Å². The van der Waals surface area contributed by atoms with Gasteiger partial charge in [0.2, 0.25) is 5.91 Å². The number of piperazine rings is 1. The molecule has 0 spiro atoms. The summed E-state index contributed by atoms with van der Waals surface area (Å²) in [7, 11) is 0. The summed E-state index contributed by atoms with van der Waals surface area (Å²) >= 11 is 0. The van der Waals surface area contributed by atoms with Crippen LogP contribution >= 0.6 is 0 Å². The van der Waals surface area contributed by atoms with Crippen LogP contribution in [0.5, 0.6) is 5.75 Å². The normalized spacial score (nSPS) is 20.6. The van der Waals surface area contributed by atoms with Crippen molar-refractivity contribution in [3.63, 3.8) is 0 Å². The lowest BCUT2D eigenvalue weighted by Gasteiger charge is -2.37. The molecule has 0 radical (unpaired) electrons. The molecule has 6 heteroatoms. The fraction of sp³-hybridized carbons (Fsp3) is 0.619. The van der Waals surface area contributed by atoms with Crippen molar-refractivity contribution in [3.05, 3.63) is 29.8 Å². The van der Waals surface area contributed by atoms with E-state index in [1.807, 2.05) is 48.8 Å². The molecule has 0 N–H and O–H groups in total. The van der Waals surface area contributed by atoms with Crippen molar-refractivity contribution < 1.29 is 19.1 Å². The molecule has 1 aromatic carbocycles. The molecule has 2 aliphatic heterocycles. The standard InChI is InChI=1S/C21H30N2O4/c1-21(2,3)20(25)23-11-9-22(10-12-23)19(24)16-6-4-7-17(14-16)27-15-18-8-5-13-26-18/h4,6-7,14,18H,5,8-13,15H2,1-3H3. The molecule has 2 heterocycles. The van der Waals surface area contributed by atoms with Gasteiger partial charge in [-0.3, -0.25) is 9.59 Å². The Hall–Kier alpha value is -2.08. The zero-order chi connectivity index (χ0) is 19.4. The van der Waals surface area contributed by atoms with E-state index in [4.69, 9.17) is 9.47 Å². The first kappa shape index (κ1) is 19.7. The summed E-state index contributed by atoms with van der Waals surface area (Å²) in [4.78, 5) is 28.9. The maximum absolute atomic E-state index is 12.8. The van der Waals surface area contributed by atoms with Crippen molar-refractivity contribution in [2.75, 3.05) is 39.4 Å². The Kier molecular flexibility index (Phi) is 6.05. The third kappa shape index (κ3) is 5.01. The Balaban J connectivity index is 1.55. The van der Waals surface area contributed by atoms with Crippen molar-refractivity contribution in [3.8, 4) is 5.75 Å². The lowest BCUT2D eigenvalue weighted by Crippen LogP contribution is -2.53. The van der Waals surface area contributed by atoms with E-state index in [-0.39, 0.29) is 23.3 Å². The Labute approximate surface area is 161 Å². The molecular formula is C21H30N2O4. The Morgan fingerprint density at radius 2 is 1.85 bits per heavy atom. The van der Waals surface area contributed by atoms with Gasteiger partial charge in [-0.1, -0.05) is 26.8 Å². The van der Waals surface area contributed by atoms with Crippen molar-refractivity contribution in [2.45, 2.75) is 39.7 Å². The molecule has 0 saturated carbocycles. The summed E-state index contributed by atoms with van der Waals surface area (Å²) in [5.41, 5.74) is 0.233. The van der Waals surface area contributed by atoms with E-state index in [0.717, 1.165) is 19.4 Å². The van der Waals surface area contributed by atoms with Crippen LogP contribution in [0, 0.1) is 5.41 Å². The number of carbonyl (C=O) groups excluding carboxylic acids is 2. The van der Waals surface area contributed by atoms with E-state index in [1.54, 1.807) is 6.07 Å². The molecule has 0 aromatic heterocycles. The lowest BCUT2D eigenvalue weighted by atomic mass is 9.94. The molecule has 148 valence electrons. The number of nitrogens with zero attached hydrogens (tertiary/aromatic N) is 2. The number of benzene rings is 1. The zero-order valence-corrected chi connectivity index (χ0v) is 16.6. The van der Waals surface area contributed by atoms with Gasteiger partial charge < -0.3 is 19.3 Å². The number of ether oxygens (including phenoxy) is 2. The van der Waals surface area contributed by atoms with Gasteiger partial charge in [-0.15, -0.1) is 0 Å². The number of hydrogen-bond acceptors (Lipinski definition) is 4. The molecule has 6 nitrogen and oxygen atoms in total. The minimum absolute atomic E-state index is 0.0135. The third-order valence-electron chi connectivity index (χ3n) is 5.04. The van der Waals surface area contributed by atoms with Gasteiger partial charge in [0, 0.05) is 43.8 Å². The van der Waals surface area contributed by atoms with Crippen molar-refractivity contribution in [1.29, 1.82) is 0 Å². The van der Waals surface area contributed by atoms with Crippen LogP contribution in [0.25, 0.3) is 0 Å². The molecule has 0 aliphatic carbocycles. The average molecular weight is 374 g/mol. The van der Waals surface area contributed by atoms with Crippen LogP contribution in [0.3, 0.4) is 0 Å². The van der Waals surface area contributed by atoms with Gasteiger partial charge in [-0.2, -0.15) is 0 Å². The van der Waals surface area contributed by atoms with E-state index in [1.165, 1.54) is 0 Å². The first-order chi connectivity index (χ1) is 12.8. The summed E-state index contributed by atoms with van der Waals surface area (Å²) in [6.07, 6.45) is 2.25. The second kappa shape index (κ2) is 8.30. The number of amides is 2. The molecule has 27 heavy (non-hydrogen) atoms. The molecule has 2 aliphatic rings. The molecular weight excluding hydrogens is 344 g/mol. The largest absolute Gasteiger partial charge is 0.491 e. The molecule has 0 bridgehead atoms. The highest BCUT2D eigenvalue weighted by Gasteiger charge is 2.31. The van der Waals surface area contributed by atoms with E-state index in [9.17, 15) is 9.59 Å². The van der Waals surface area contributed by atoms with Gasteiger partial charge in [-0.05, 0) is 31.0 Å². The Morgan fingerprint density at radius 3 is 2.48 bits per heavy atom. The molecule has 1 unspecified atom stereocenters. The first-order valence-corrected chi connectivity index (χ1v) is 9.78. The van der Waals surface area contributed by atoms with Crippen molar-refractivity contribution in [1.82, 2.24) is 9.80 Å². The molecule has 2 saturated heterocycles. The maximum atomic E-state index is 12.8. The Morgan fingerprint density at radius 1 is 1.15 bits per heavy atom. The summed E-state index contributed by atoms with van der Waals surface area (Å²) in [6.45, 7) is 9.37. The predicted molar refractivity (Wildman–Crippen MR) is 103 cm³/mol. The van der Waals surface area contributed by atoms with Crippen LogP contribution in [0.15, 0.2) is 24.3 Å². The lowest BCUT2D eigenvalue weighted by molar-refractivity contribution is -0.140. The molecule has 3 rings (SSSR count). The molecule has 1 aromatic rings. The molecule has 1 atom stereocenters. The zero-order valence-electron chi connectivity index (χ0n) is 16.6. The average Bonchev–Trinajstić information content (AvgIpc) is 3.18. The van der Waals surface area contributed by atoms with Gasteiger partial charge in [0.15, 0.2) is 0 Å². The van der Waals surface area contributed by atoms with Gasteiger partial charge >= 0.3 is 0 Å².